The van der Waals surface area contributed by atoms with Crippen LogP contribution in [0, 0.1) is 42.9 Å². The molecular weight excluding hydrogens is 1690 g/mol. The van der Waals surface area contributed by atoms with E-state index in [2.05, 4.69) is 69.5 Å². The highest BCUT2D eigenvalue weighted by atomic mass is 35.5. The fourth-order valence-corrected chi connectivity index (χ4v) is 20.1. The van der Waals surface area contributed by atoms with E-state index in [1.165, 1.54) is 77.1 Å². The molecule has 117 heavy (non-hydrogen) atoms. The number of benzene rings is 2. The summed E-state index contributed by atoms with van der Waals surface area (Å²) in [5.41, 5.74) is 8.09. The summed E-state index contributed by atoms with van der Waals surface area (Å²) in [7, 11) is -12.4. The van der Waals surface area contributed by atoms with Crippen LogP contribution in [0.25, 0.3) is 0 Å². The van der Waals surface area contributed by atoms with Gasteiger partial charge in [-0.1, -0.05) is 23.7 Å². The number of anilines is 3. The summed E-state index contributed by atoms with van der Waals surface area (Å²) in [6.07, 6.45) is 4.64. The summed E-state index contributed by atoms with van der Waals surface area (Å²) in [6.45, 7) is 4.34. The normalized spacial score (nSPS) is 23.2. The number of hydrogen-bond acceptors (Lipinski definition) is 33. The van der Waals surface area contributed by atoms with Crippen molar-refractivity contribution in [3.05, 3.63) is 204 Å². The van der Waals surface area contributed by atoms with E-state index in [1.54, 1.807) is 19.1 Å². The number of carbonyl (C=O) groups is 3. The average molecular weight is 1770 g/mol. The molecule has 3 aliphatic heterocycles. The third kappa shape index (κ3) is 21.5. The van der Waals surface area contributed by atoms with Gasteiger partial charge in [0, 0.05) is 92.7 Å². The molecule has 622 valence electrons. The first-order valence-electron chi connectivity index (χ1n) is 36.5. The van der Waals surface area contributed by atoms with Crippen LogP contribution in [-0.2, 0) is 83.1 Å². The van der Waals surface area contributed by atoms with E-state index in [4.69, 9.17) is 41.2 Å². The van der Waals surface area contributed by atoms with Crippen LogP contribution >= 0.6 is 56.9 Å². The van der Waals surface area contributed by atoms with E-state index in [0.29, 0.717) is 121 Å². The summed E-state index contributed by atoms with van der Waals surface area (Å²) >= 11 is 10.7. The zero-order chi connectivity index (χ0) is 83.4. The van der Waals surface area contributed by atoms with Crippen LogP contribution in [0.3, 0.4) is 0 Å². The summed E-state index contributed by atoms with van der Waals surface area (Å²) in [5.74, 6) is -1.37. The van der Waals surface area contributed by atoms with Gasteiger partial charge in [-0.25, -0.2) is 50.3 Å². The highest BCUT2D eigenvalue weighted by molar-refractivity contribution is 7.84. The fourth-order valence-electron chi connectivity index (χ4n) is 15.0. The average Bonchev–Trinajstić information content (AvgIpc) is 1.64. The first-order valence-corrected chi connectivity index (χ1v) is 44.6. The number of ether oxygens (including phenoxy) is 3. The molecule has 9 aromatic rings. The minimum atomic E-state index is -4.56. The predicted octanol–water partition coefficient (Wildman–Crippen LogP) is 8.62. The maximum Gasteiger partial charge on any atom is 0.443 e. The van der Waals surface area contributed by atoms with E-state index < -0.39 is 90.0 Å². The Hall–Kier alpha value is -8.24. The smallest absolute Gasteiger partial charge is 0.393 e. The number of hydrogen-bond donors (Lipinski definition) is 9. The number of halogens is 4. The number of nitriles is 1. The van der Waals surface area contributed by atoms with Gasteiger partial charge in [0.05, 0.1) is 100.0 Å². The number of nitrogens with one attached hydrogen (secondary N) is 3. The zero-order valence-corrected chi connectivity index (χ0v) is 68.6. The lowest BCUT2D eigenvalue weighted by atomic mass is 9.91. The van der Waals surface area contributed by atoms with Gasteiger partial charge in [0.25, 0.3) is 0 Å². The van der Waals surface area contributed by atoms with Crippen molar-refractivity contribution < 1.29 is 94.9 Å². The molecule has 0 bridgehead atoms. The van der Waals surface area contributed by atoms with Gasteiger partial charge >= 0.3 is 37.1 Å². The lowest BCUT2D eigenvalue weighted by molar-refractivity contribution is -0.137. The molecule has 12 atom stereocenters. The number of ketones is 3. The van der Waals surface area contributed by atoms with E-state index in [1.807, 2.05) is 54.8 Å². The standard InChI is InChI=1S/C26H27N5O6S2.C25H27ClN4O6S2.C23H24F3N5O6S3/c1-14-19(25-20-6-15(10-27)2-3-16(20)4-5-36-25)9-23(38-14)24(33)21-11-29-13-30-26(21)31-18-7-17(22(32)8-18)12-37-39(28,34)35;26-17-4-3-14-2-1-5-35-24(19(14)8-17)16-7-22(37-12-16)23(32)20-10-28-13-29-25(20)30-18-6-15(21(31)9-18)11-36-38(27,33)34;1-10-13(20-18-16(2-3-36-20)39-22(31-18)23(24,25)26)6-17(38-10)19(33)14-7-28-9-29-21(14)30-12-4-11(15(32)5-12)8-37-40(27,34)35/h2-3,6,9,11,13,17-18,22,25,32H,4-5,7-8,12H2,1H3,(H2,28,34,35)(H,29,30,31);3-4,7-8,10,12-13,15,18,21,24,31H,1-2,5-6,9,11H2,(H2,27,33,34)(H,28,29,30);6-7,9,11-12,15,20,32H,2-5,8H2,1H3,(H2,27,34,35)(H,28,29,30)/t17-,18-,22+,25?;15-,18-,21+,24?;11-,12-,15+,20?/m111/s1. The van der Waals surface area contributed by atoms with Crippen molar-refractivity contribution in [2.24, 2.45) is 33.2 Å². The monoisotopic (exact) mass is 1770 g/mol. The van der Waals surface area contributed by atoms with Crippen molar-refractivity contribution in [1.29, 1.82) is 5.26 Å². The number of nitrogens with two attached hydrogens (primary N) is 3. The second-order valence-electron chi connectivity index (χ2n) is 28.6. The van der Waals surface area contributed by atoms with E-state index >= 15 is 0 Å². The van der Waals surface area contributed by atoms with Crippen molar-refractivity contribution in [1.82, 2.24) is 34.9 Å². The molecule has 12 N–H and O–H groups in total. The summed E-state index contributed by atoms with van der Waals surface area (Å²) in [5, 5.41) is 66.3. The molecule has 0 amide bonds. The molecule has 10 heterocycles. The summed E-state index contributed by atoms with van der Waals surface area (Å²) in [6, 6.07) is 18.1. The molecule has 7 aromatic heterocycles. The molecule has 32 nitrogen and oxygen atoms in total. The molecule has 3 unspecified atom stereocenters. The Bertz CT molecular complexity index is 5580. The third-order valence-electron chi connectivity index (χ3n) is 20.6. The largest absolute Gasteiger partial charge is 0.443 e. The Labute approximate surface area is 690 Å². The highest BCUT2D eigenvalue weighted by Gasteiger charge is 2.42. The molecule has 0 saturated heterocycles. The summed E-state index contributed by atoms with van der Waals surface area (Å²) < 4.78 is 139. The van der Waals surface area contributed by atoms with Crippen LogP contribution in [0.2, 0.25) is 5.02 Å². The van der Waals surface area contributed by atoms with Crippen LogP contribution < -0.4 is 31.4 Å². The topological polar surface area (TPSA) is 498 Å². The Morgan fingerprint density at radius 3 is 1.50 bits per heavy atom. The maximum atomic E-state index is 13.6. The molecule has 15 rings (SSSR count). The summed E-state index contributed by atoms with van der Waals surface area (Å²) in [4.78, 5) is 72.8. The van der Waals surface area contributed by atoms with Gasteiger partial charge in [0.1, 0.15) is 54.7 Å². The number of aryl methyl sites for hydroxylation is 3. The lowest BCUT2D eigenvalue weighted by Crippen LogP contribution is -2.24. The number of nitrogens with zero attached hydrogens (tertiary/aromatic N) is 8. The Balaban J connectivity index is 0.000000152. The first kappa shape index (κ1) is 86.6. The number of thiazole rings is 1. The van der Waals surface area contributed by atoms with Crippen LogP contribution in [-0.4, -0.2) is 169 Å². The van der Waals surface area contributed by atoms with E-state index in [0.717, 1.165) is 52.0 Å². The number of rotatable bonds is 24. The van der Waals surface area contributed by atoms with Gasteiger partial charge in [-0.15, -0.1) is 45.3 Å². The molecule has 0 spiro atoms. The minimum Gasteiger partial charge on any atom is -0.393 e. The van der Waals surface area contributed by atoms with Crippen molar-refractivity contribution in [2.75, 3.05) is 55.6 Å². The molecule has 43 heteroatoms. The number of fused-ring (bicyclic) bond motifs is 3. The second-order valence-corrected chi connectivity index (χ2v) is 37.2. The van der Waals surface area contributed by atoms with Gasteiger partial charge in [0.2, 0.25) is 17.3 Å². The molecule has 3 saturated carbocycles. The number of aliphatic hydroxyl groups excluding tert-OH is 3. The van der Waals surface area contributed by atoms with E-state index in [-0.39, 0.29) is 97.4 Å². The van der Waals surface area contributed by atoms with Crippen molar-refractivity contribution in [2.45, 2.75) is 139 Å². The van der Waals surface area contributed by atoms with Crippen molar-refractivity contribution >= 4 is 123 Å². The minimum absolute atomic E-state index is 0.160. The molecule has 3 fully saturated rings. The molecular formula is C74H78ClF3N14O18S7. The predicted molar refractivity (Wildman–Crippen MR) is 423 cm³/mol. The van der Waals surface area contributed by atoms with E-state index in [9.17, 15) is 73.4 Å². The molecule has 0 radical (unpaired) electrons. The number of carbonyl (C=O) groups excluding carboxylic acids is 3. The molecule has 6 aliphatic rings. The van der Waals surface area contributed by atoms with Gasteiger partial charge in [-0.3, -0.25) is 26.9 Å². The first-order chi connectivity index (χ1) is 55.6. The van der Waals surface area contributed by atoms with Crippen LogP contribution in [0.5, 0.6) is 0 Å². The fraction of sp³-hybridized carbons (Fsp3) is 0.419. The van der Waals surface area contributed by atoms with Crippen LogP contribution in [0.1, 0.15) is 179 Å². The van der Waals surface area contributed by atoms with Crippen LogP contribution in [0.15, 0.2) is 97.5 Å². The number of aliphatic hydroxyl groups is 3. The third-order valence-corrected chi connectivity index (χ3v) is 26.5. The van der Waals surface area contributed by atoms with Crippen molar-refractivity contribution in [3.63, 3.8) is 0 Å². The van der Waals surface area contributed by atoms with Gasteiger partial charge < -0.3 is 45.5 Å². The van der Waals surface area contributed by atoms with Gasteiger partial charge in [-0.05, 0) is 153 Å². The number of thiophene rings is 3. The highest BCUT2D eigenvalue weighted by Crippen LogP contribution is 2.45. The quantitative estimate of drug-likeness (QED) is 0.0255. The molecule has 2 aromatic carbocycles. The van der Waals surface area contributed by atoms with Gasteiger partial charge in [-0.2, -0.15) is 43.7 Å². The Kier molecular flexibility index (Phi) is 27.2. The number of aromatic nitrogens is 7. The maximum absolute atomic E-state index is 13.6. The Morgan fingerprint density at radius 1 is 0.573 bits per heavy atom. The number of alkyl halides is 3. The second kappa shape index (κ2) is 36.8. The van der Waals surface area contributed by atoms with Gasteiger partial charge in [0.15, 0.2) is 5.01 Å². The van der Waals surface area contributed by atoms with Crippen molar-refractivity contribution in [3.8, 4) is 6.07 Å². The van der Waals surface area contributed by atoms with Crippen LogP contribution in [0.4, 0.5) is 30.6 Å². The lowest BCUT2D eigenvalue weighted by Gasteiger charge is -2.26. The zero-order valence-electron chi connectivity index (χ0n) is 62.1. The SMILES string of the molecule is Cc1sc(C(=O)c2cncnc2N[C@@H]2C[C@H](COS(N)(=O)=O)[C@@H](O)C2)cc1C1OCCc2ccc(C#N)cc21.Cc1sc(C(=O)c2cncnc2N[C@@H]2C[C@H](COS(N)(=O)=O)[C@@H](O)C2)cc1C1OCCc2sc(C(F)(F)F)nc21.NS(=O)(=O)OC[C@H]1C[C@@H](Nc2ncncc2C(=O)c2cc(C3OCCCc4ccc(Cl)cc43)cs2)C[C@@H]1O. The Morgan fingerprint density at radius 2 is 1.02 bits per heavy atom. The molecule has 3 aliphatic carbocycles.